The van der Waals surface area contributed by atoms with Crippen LogP contribution in [0.25, 0.3) is 6.08 Å². The topological polar surface area (TPSA) is 133 Å². The highest BCUT2D eigenvalue weighted by atomic mass is 35.5. The molecule has 4 amide bonds. The number of hydrogen-bond donors (Lipinski definition) is 4. The molecule has 9 nitrogen and oxygen atoms in total. The molecule has 4 N–H and O–H groups in total. The summed E-state index contributed by atoms with van der Waals surface area (Å²) >= 11 is 5.74. The molecule has 43 heavy (non-hydrogen) atoms. The van der Waals surface area contributed by atoms with Crippen LogP contribution in [0.3, 0.4) is 0 Å². The Labute approximate surface area is 287 Å². The average molecular weight is 703 g/mol. The molecule has 0 saturated carbocycles. The third-order valence-corrected chi connectivity index (χ3v) is 6.39. The van der Waals surface area contributed by atoms with Crippen LogP contribution in [0.1, 0.15) is 59.9 Å². The normalized spacial score (nSPS) is 15.6. The number of amides is 4. The van der Waals surface area contributed by atoms with Gasteiger partial charge in [0.2, 0.25) is 23.6 Å². The van der Waals surface area contributed by atoms with Crippen molar-refractivity contribution in [1.29, 1.82) is 0 Å². The minimum Gasteiger partial charge on any atom is -0.356 e. The van der Waals surface area contributed by atoms with Gasteiger partial charge in [0.1, 0.15) is 24.2 Å². The van der Waals surface area contributed by atoms with Gasteiger partial charge in [-0.05, 0) is 49.3 Å². The molecule has 1 aromatic carbocycles. The van der Waals surface area contributed by atoms with Crippen molar-refractivity contribution >= 4 is 102 Å². The number of rotatable bonds is 13. The second kappa shape index (κ2) is 23.5. The first-order valence-electron chi connectivity index (χ1n) is 12.7. The summed E-state index contributed by atoms with van der Waals surface area (Å²) in [6.45, 7) is 7.77. The standard InChI is InChI=1S/C27H36ClFN4O5.CH4.4H2S/c1-15(2)11-22(26(37)31-20(14-34)12-18-9-10-30-25(18)36)32-27(38)24(16(3)4)33-23(35)8-6-17-5-7-19(28)13-21(17)29;;;;;/h5-8,13-16,18,20,22,24H,9-12H2,1-4H3,(H,30,36)(H,31,37)(H,32,38)(H,33,35);1H4;4*1H2/b8-6+;;;;;/t18-,20-,22-,24-;;;;;/m0...../s1. The van der Waals surface area contributed by atoms with Crippen molar-refractivity contribution in [3.8, 4) is 0 Å². The van der Waals surface area contributed by atoms with Crippen LogP contribution in [0.15, 0.2) is 24.3 Å². The summed E-state index contributed by atoms with van der Waals surface area (Å²) in [7, 11) is 0. The Morgan fingerprint density at radius 2 is 1.67 bits per heavy atom. The Balaban J connectivity index is -0.00000152. The number of halogens is 2. The lowest BCUT2D eigenvalue weighted by atomic mass is 9.97. The van der Waals surface area contributed by atoms with Crippen LogP contribution >= 0.6 is 65.6 Å². The molecule has 1 aliphatic heterocycles. The van der Waals surface area contributed by atoms with Crippen molar-refractivity contribution in [2.24, 2.45) is 17.8 Å². The fraction of sp³-hybridized carbons (Fsp3) is 0.536. The van der Waals surface area contributed by atoms with Crippen molar-refractivity contribution in [1.82, 2.24) is 21.3 Å². The highest BCUT2D eigenvalue weighted by Gasteiger charge is 2.32. The van der Waals surface area contributed by atoms with E-state index in [4.69, 9.17) is 11.6 Å². The van der Waals surface area contributed by atoms with Crippen LogP contribution < -0.4 is 21.3 Å². The van der Waals surface area contributed by atoms with Gasteiger partial charge in [-0.3, -0.25) is 19.2 Å². The maximum absolute atomic E-state index is 14.0. The third kappa shape index (κ3) is 16.1. The molecule has 0 unspecified atom stereocenters. The molecule has 1 aromatic rings. The van der Waals surface area contributed by atoms with E-state index >= 15 is 0 Å². The summed E-state index contributed by atoms with van der Waals surface area (Å²) in [6.07, 6.45) is 4.03. The first kappa shape index (κ1) is 48.0. The Morgan fingerprint density at radius 1 is 1.05 bits per heavy atom. The van der Waals surface area contributed by atoms with Crippen LogP contribution in [-0.4, -0.2) is 54.6 Å². The van der Waals surface area contributed by atoms with Gasteiger partial charge in [-0.15, -0.1) is 0 Å². The van der Waals surface area contributed by atoms with Crippen LogP contribution in [0.2, 0.25) is 5.02 Å². The predicted molar refractivity (Wildman–Crippen MR) is 191 cm³/mol. The van der Waals surface area contributed by atoms with Crippen molar-refractivity contribution in [2.45, 2.75) is 72.5 Å². The number of aldehydes is 1. The number of carbonyl (C=O) groups is 5. The highest BCUT2D eigenvalue weighted by molar-refractivity contribution is 7.59. The van der Waals surface area contributed by atoms with Gasteiger partial charge in [0.05, 0.1) is 6.04 Å². The Hall–Kier alpha value is -1.87. The SMILES string of the molecule is C.CC(C)C[C@H](NC(=O)[C@@H](NC(=O)/C=C/c1ccc(Cl)cc1F)C(C)C)C(=O)N[C@H](C=O)C[C@@H]1CCNC1=O.S.S.S.S. The van der Waals surface area contributed by atoms with Gasteiger partial charge in [-0.1, -0.05) is 52.8 Å². The lowest BCUT2D eigenvalue weighted by molar-refractivity contribution is -0.133. The number of nitrogens with one attached hydrogen (secondary N) is 4. The summed E-state index contributed by atoms with van der Waals surface area (Å²) < 4.78 is 14.0. The van der Waals surface area contributed by atoms with E-state index in [-0.39, 0.29) is 102 Å². The average Bonchev–Trinajstić information content (AvgIpc) is 3.24. The molecule has 2 rings (SSSR count). The Morgan fingerprint density at radius 3 is 2.16 bits per heavy atom. The van der Waals surface area contributed by atoms with E-state index in [0.29, 0.717) is 25.7 Å². The van der Waals surface area contributed by atoms with Crippen LogP contribution in [0.4, 0.5) is 4.39 Å². The van der Waals surface area contributed by atoms with Gasteiger partial charge >= 0.3 is 0 Å². The molecule has 4 atom stereocenters. The number of carbonyl (C=O) groups excluding carboxylic acids is 5. The molecule has 0 aromatic heterocycles. The summed E-state index contributed by atoms with van der Waals surface area (Å²) in [6, 6.07) is 1.23. The van der Waals surface area contributed by atoms with Gasteiger partial charge in [-0.2, -0.15) is 54.0 Å². The van der Waals surface area contributed by atoms with E-state index in [2.05, 4.69) is 21.3 Å². The number of hydrogen-bond acceptors (Lipinski definition) is 5. The van der Waals surface area contributed by atoms with Gasteiger partial charge in [0, 0.05) is 29.1 Å². The molecule has 248 valence electrons. The minimum absolute atomic E-state index is 0. The van der Waals surface area contributed by atoms with Crippen LogP contribution in [0, 0.1) is 23.6 Å². The fourth-order valence-electron chi connectivity index (χ4n) is 4.11. The molecule has 1 fully saturated rings. The lowest BCUT2D eigenvalue weighted by Crippen LogP contribution is -2.56. The third-order valence-electron chi connectivity index (χ3n) is 6.16. The van der Waals surface area contributed by atoms with Gasteiger partial charge in [-0.25, -0.2) is 4.39 Å². The molecule has 15 heteroatoms. The van der Waals surface area contributed by atoms with Crippen molar-refractivity contribution in [2.75, 3.05) is 6.54 Å². The summed E-state index contributed by atoms with van der Waals surface area (Å²) in [4.78, 5) is 62.1. The van der Waals surface area contributed by atoms with Gasteiger partial charge in [0.15, 0.2) is 0 Å². The maximum atomic E-state index is 14.0. The largest absolute Gasteiger partial charge is 0.356 e. The first-order chi connectivity index (χ1) is 17.9. The van der Waals surface area contributed by atoms with Gasteiger partial charge < -0.3 is 26.1 Å². The zero-order chi connectivity index (χ0) is 28.4. The number of benzene rings is 1. The second-order valence-electron chi connectivity index (χ2n) is 10.2. The van der Waals surface area contributed by atoms with Crippen molar-refractivity contribution in [3.05, 3.63) is 40.7 Å². The minimum atomic E-state index is -0.978. The van der Waals surface area contributed by atoms with E-state index in [9.17, 15) is 28.4 Å². The van der Waals surface area contributed by atoms with E-state index in [1.165, 1.54) is 18.2 Å². The van der Waals surface area contributed by atoms with E-state index in [1.807, 2.05) is 13.8 Å². The quantitative estimate of drug-likeness (QED) is 0.185. The Kier molecular flexibility index (Phi) is 26.3. The highest BCUT2D eigenvalue weighted by Crippen LogP contribution is 2.17. The molecule has 1 saturated heterocycles. The maximum Gasteiger partial charge on any atom is 0.244 e. The van der Waals surface area contributed by atoms with Crippen molar-refractivity contribution in [3.63, 3.8) is 0 Å². The van der Waals surface area contributed by atoms with Crippen LogP contribution in [-0.2, 0) is 24.0 Å². The Bertz CT molecular complexity index is 1080. The first-order valence-corrected chi connectivity index (χ1v) is 13.1. The predicted octanol–water partition coefficient (Wildman–Crippen LogP) is 3.46. The second-order valence-corrected chi connectivity index (χ2v) is 10.6. The molecule has 0 aliphatic carbocycles. The van der Waals surface area contributed by atoms with Gasteiger partial charge in [0.25, 0.3) is 0 Å². The molecule has 1 aliphatic rings. The fourth-order valence-corrected chi connectivity index (χ4v) is 4.27. The van der Waals surface area contributed by atoms with E-state index < -0.39 is 41.7 Å². The smallest absolute Gasteiger partial charge is 0.244 e. The van der Waals surface area contributed by atoms with E-state index in [0.717, 1.165) is 12.1 Å². The summed E-state index contributed by atoms with van der Waals surface area (Å²) in [5.74, 6) is -3.14. The van der Waals surface area contributed by atoms with Crippen molar-refractivity contribution < 1.29 is 28.4 Å². The molecule has 0 spiro atoms. The monoisotopic (exact) mass is 702 g/mol. The molecule has 0 radical (unpaired) electrons. The van der Waals surface area contributed by atoms with E-state index in [1.54, 1.807) is 13.8 Å². The van der Waals surface area contributed by atoms with Crippen LogP contribution in [0.5, 0.6) is 0 Å². The summed E-state index contributed by atoms with van der Waals surface area (Å²) in [5, 5.41) is 10.9. The molecule has 1 heterocycles. The summed E-state index contributed by atoms with van der Waals surface area (Å²) in [5.41, 5.74) is 0.156. The molecular formula is C28H48ClFN4O5S4. The lowest BCUT2D eigenvalue weighted by Gasteiger charge is -2.27. The zero-order valence-corrected chi connectivity index (χ0v) is 28.8. The zero-order valence-electron chi connectivity index (χ0n) is 24.1. The molecule has 0 bridgehead atoms. The molecular weight excluding hydrogens is 655 g/mol.